The van der Waals surface area contributed by atoms with Gasteiger partial charge in [0.25, 0.3) is 0 Å². The molecule has 28 heavy (non-hydrogen) atoms. The van der Waals surface area contributed by atoms with Gasteiger partial charge in [0.05, 0.1) is 0 Å². The minimum atomic E-state index is -5.59. The Morgan fingerprint density at radius 1 is 0.929 bits per heavy atom. The average Bonchev–Trinajstić information content (AvgIpc) is 2.62. The molecule has 0 heterocycles. The lowest BCUT2D eigenvalue weighted by Gasteiger charge is -2.39. The Kier molecular flexibility index (Phi) is 11.9. The first-order valence-corrected chi connectivity index (χ1v) is 9.10. The number of alkyl halides is 6. The summed E-state index contributed by atoms with van der Waals surface area (Å²) < 4.78 is 83.1. The van der Waals surface area contributed by atoms with E-state index in [1.807, 2.05) is 27.7 Å². The fourth-order valence-corrected chi connectivity index (χ4v) is 2.51. The highest BCUT2D eigenvalue weighted by molar-refractivity contribution is 5.49. The van der Waals surface area contributed by atoms with Gasteiger partial charge in [0, 0.05) is 0 Å². The molecule has 1 aromatic rings. The molecule has 0 radical (unpaired) electrons. The predicted molar refractivity (Wildman–Crippen MR) is 105 cm³/mol. The number of aryl methyl sites for hydroxylation is 1. The average molecular weight is 408 g/mol. The zero-order valence-corrected chi connectivity index (χ0v) is 17.5. The monoisotopic (exact) mass is 408 g/mol. The van der Waals surface area contributed by atoms with Crippen molar-refractivity contribution in [2.75, 3.05) is 0 Å². The minimum Gasteiger partial charge on any atom is -0.169 e. The highest BCUT2D eigenvalue weighted by Crippen LogP contribution is 2.56. The van der Waals surface area contributed by atoms with Crippen LogP contribution in [0.4, 0.5) is 26.3 Å². The van der Waals surface area contributed by atoms with Crippen LogP contribution in [0.15, 0.2) is 60.2 Å². The Bertz CT molecular complexity index is 646. The first-order chi connectivity index (χ1) is 12.9. The van der Waals surface area contributed by atoms with E-state index in [2.05, 4.69) is 6.58 Å². The van der Waals surface area contributed by atoms with Crippen molar-refractivity contribution in [3.63, 3.8) is 0 Å². The summed E-state index contributed by atoms with van der Waals surface area (Å²) in [6.45, 7) is 15.6. The van der Waals surface area contributed by atoms with E-state index in [0.717, 1.165) is 18.2 Å². The lowest BCUT2D eigenvalue weighted by molar-refractivity contribution is -0.288. The second kappa shape index (κ2) is 11.8. The van der Waals surface area contributed by atoms with E-state index >= 15 is 0 Å². The second-order valence-corrected chi connectivity index (χ2v) is 5.45. The summed E-state index contributed by atoms with van der Waals surface area (Å²) in [5.74, 6) is 0. The van der Waals surface area contributed by atoms with Crippen molar-refractivity contribution in [3.05, 3.63) is 71.3 Å². The smallest absolute Gasteiger partial charge is 0.169 e. The molecule has 6 heteroatoms. The Hall–Kier alpha value is -1.98. The van der Waals surface area contributed by atoms with Crippen molar-refractivity contribution in [2.24, 2.45) is 0 Å². The number of halogens is 6. The zero-order chi connectivity index (χ0) is 22.8. The molecule has 0 aromatic heterocycles. The van der Waals surface area contributed by atoms with Crippen LogP contribution >= 0.6 is 0 Å². The van der Waals surface area contributed by atoms with E-state index in [9.17, 15) is 26.3 Å². The van der Waals surface area contributed by atoms with Crippen molar-refractivity contribution in [2.45, 2.75) is 66.2 Å². The van der Waals surface area contributed by atoms with Gasteiger partial charge in [0.1, 0.15) is 0 Å². The van der Waals surface area contributed by atoms with E-state index in [0.29, 0.717) is 11.6 Å². The van der Waals surface area contributed by atoms with Crippen LogP contribution in [0.5, 0.6) is 0 Å². The number of allylic oxidation sites excluding steroid dienone is 5. The SMILES string of the molecule is C=C/C(=C\C(C)=C/C)C(c1cccc(C)c1)(C(F)(F)F)C(F)(F)F.CC.CC. The van der Waals surface area contributed by atoms with Crippen molar-refractivity contribution in [1.29, 1.82) is 0 Å². The highest BCUT2D eigenvalue weighted by Gasteiger charge is 2.72. The standard InChI is InChI=1S/C18H18F6.2C2H6/c1-5-12(3)10-14(6-2)16(17(19,20)21,18(22,23)24)15-9-7-8-13(4)11-15;2*1-2/h5-11H,2H2,1,3-4H3;2*1-2H3/b12-5-,14-10+;;. The molecular formula is C22H30F6. The van der Waals surface area contributed by atoms with Crippen LogP contribution in [0.1, 0.15) is 52.7 Å². The highest BCUT2D eigenvalue weighted by atomic mass is 19.4. The number of hydrogen-bond donors (Lipinski definition) is 0. The van der Waals surface area contributed by atoms with Gasteiger partial charge in [-0.2, -0.15) is 26.3 Å². The molecule has 1 aromatic carbocycles. The Morgan fingerprint density at radius 2 is 1.39 bits per heavy atom. The third-order valence-corrected chi connectivity index (χ3v) is 3.79. The molecule has 1 rings (SSSR count). The topological polar surface area (TPSA) is 0 Å². The number of rotatable bonds is 4. The molecule has 0 unspecified atom stereocenters. The van der Waals surface area contributed by atoms with Gasteiger partial charge in [-0.25, -0.2) is 0 Å². The normalized spacial score (nSPS) is 13.0. The summed E-state index contributed by atoms with van der Waals surface area (Å²) in [6.07, 6.45) is -8.26. The second-order valence-electron chi connectivity index (χ2n) is 5.45. The maximum atomic E-state index is 13.9. The van der Waals surface area contributed by atoms with Gasteiger partial charge in [0.15, 0.2) is 0 Å². The summed E-state index contributed by atoms with van der Waals surface area (Å²) in [5.41, 5.74) is -5.40. The van der Waals surface area contributed by atoms with Crippen LogP contribution < -0.4 is 0 Å². The Labute approximate surface area is 164 Å². The number of hydrogen-bond acceptors (Lipinski definition) is 0. The molecule has 0 aliphatic carbocycles. The van der Waals surface area contributed by atoms with Gasteiger partial charge in [-0.1, -0.05) is 87.9 Å². The Balaban J connectivity index is 0. The molecule has 0 bridgehead atoms. The third-order valence-electron chi connectivity index (χ3n) is 3.79. The molecular weight excluding hydrogens is 378 g/mol. The minimum absolute atomic E-state index is 0.274. The van der Waals surface area contributed by atoms with E-state index in [4.69, 9.17) is 0 Å². The first-order valence-electron chi connectivity index (χ1n) is 9.10. The van der Waals surface area contributed by atoms with Gasteiger partial charge in [-0.15, -0.1) is 0 Å². The van der Waals surface area contributed by atoms with Crippen LogP contribution in [-0.2, 0) is 5.41 Å². The van der Waals surface area contributed by atoms with Crippen molar-refractivity contribution >= 4 is 0 Å². The summed E-state index contributed by atoms with van der Waals surface area (Å²) in [7, 11) is 0. The van der Waals surface area contributed by atoms with Gasteiger partial charge in [-0.3, -0.25) is 0 Å². The molecule has 0 fully saturated rings. The van der Waals surface area contributed by atoms with E-state index < -0.39 is 28.9 Å². The molecule has 0 aliphatic rings. The maximum Gasteiger partial charge on any atom is 0.411 e. The third kappa shape index (κ3) is 6.01. The molecule has 0 spiro atoms. The van der Waals surface area contributed by atoms with Crippen LogP contribution in [0.25, 0.3) is 0 Å². The van der Waals surface area contributed by atoms with Crippen LogP contribution in [0.2, 0.25) is 0 Å². The van der Waals surface area contributed by atoms with Crippen molar-refractivity contribution < 1.29 is 26.3 Å². The quantitative estimate of drug-likeness (QED) is 0.346. The van der Waals surface area contributed by atoms with Crippen molar-refractivity contribution in [3.8, 4) is 0 Å². The van der Waals surface area contributed by atoms with Gasteiger partial charge in [0.2, 0.25) is 5.41 Å². The first kappa shape index (κ1) is 28.2. The largest absolute Gasteiger partial charge is 0.411 e. The van der Waals surface area contributed by atoms with Gasteiger partial charge in [-0.05, 0) is 31.9 Å². The van der Waals surface area contributed by atoms with Crippen LogP contribution in [0, 0.1) is 6.92 Å². The summed E-state index contributed by atoms with van der Waals surface area (Å²) in [6, 6.07) is 4.37. The van der Waals surface area contributed by atoms with Crippen molar-refractivity contribution in [1.82, 2.24) is 0 Å². The zero-order valence-electron chi connectivity index (χ0n) is 17.5. The van der Waals surface area contributed by atoms with E-state index in [1.54, 1.807) is 0 Å². The Morgan fingerprint density at radius 3 is 1.71 bits per heavy atom. The van der Waals surface area contributed by atoms with E-state index in [1.165, 1.54) is 39.0 Å². The number of benzene rings is 1. The van der Waals surface area contributed by atoms with Crippen LogP contribution in [0.3, 0.4) is 0 Å². The fourth-order valence-electron chi connectivity index (χ4n) is 2.51. The molecule has 0 saturated heterocycles. The fraction of sp³-hybridized carbons (Fsp3) is 0.455. The molecule has 0 aliphatic heterocycles. The molecule has 0 amide bonds. The molecule has 0 nitrogen and oxygen atoms in total. The molecule has 0 atom stereocenters. The van der Waals surface area contributed by atoms with Gasteiger partial charge < -0.3 is 0 Å². The predicted octanol–water partition coefficient (Wildman–Crippen LogP) is 8.49. The molecule has 0 saturated carbocycles. The summed E-state index contributed by atoms with van der Waals surface area (Å²) in [4.78, 5) is 0. The molecule has 0 N–H and O–H groups in total. The lowest BCUT2D eigenvalue weighted by atomic mass is 9.71. The summed E-state index contributed by atoms with van der Waals surface area (Å²) in [5, 5.41) is 0. The lowest BCUT2D eigenvalue weighted by Crippen LogP contribution is -2.55. The van der Waals surface area contributed by atoms with Gasteiger partial charge >= 0.3 is 12.4 Å². The molecule has 160 valence electrons. The van der Waals surface area contributed by atoms with E-state index in [-0.39, 0.29) is 5.57 Å². The van der Waals surface area contributed by atoms with Crippen LogP contribution in [-0.4, -0.2) is 12.4 Å². The maximum absolute atomic E-state index is 13.9. The summed E-state index contributed by atoms with van der Waals surface area (Å²) >= 11 is 0.